The second-order valence-corrected chi connectivity index (χ2v) is 33.2. The van der Waals surface area contributed by atoms with E-state index in [9.17, 15) is 39.6 Å². The van der Waals surface area contributed by atoms with E-state index in [0.29, 0.717) is 66.0 Å². The van der Waals surface area contributed by atoms with Crippen LogP contribution in [-0.4, -0.2) is 106 Å². The number of carbonyl (C=O) groups excluding carboxylic acids is 5. The number of unbranched alkanes of at least 4 members (excludes halogenated alkanes) is 21. The minimum Gasteiger partial charge on any atom is -1.00 e. The lowest BCUT2D eigenvalue weighted by Crippen LogP contribution is -3.12. The van der Waals surface area contributed by atoms with Gasteiger partial charge in [0, 0.05) is 65.2 Å². The van der Waals surface area contributed by atoms with Crippen LogP contribution in [0.5, 0.6) is 0 Å². The molecule has 100 heavy (non-hydrogen) atoms. The number of nitrogens with one attached hydrogen (secondary N) is 2. The van der Waals surface area contributed by atoms with Gasteiger partial charge in [-0.15, -0.1) is 0 Å². The minimum absolute atomic E-state index is 0. The number of halogens is 3. The van der Waals surface area contributed by atoms with Crippen LogP contribution in [0.15, 0.2) is 0 Å². The lowest BCUT2D eigenvalue weighted by molar-refractivity contribution is -0.900. The molecule has 6 aliphatic carbocycles. The van der Waals surface area contributed by atoms with E-state index < -0.39 is 17.7 Å². The zero-order valence-electron chi connectivity index (χ0n) is 64.3. The highest BCUT2D eigenvalue weighted by atomic mass is 35.5. The second-order valence-electron chi connectivity index (χ2n) is 33.2. The summed E-state index contributed by atoms with van der Waals surface area (Å²) in [7, 11) is 0. The first-order chi connectivity index (χ1) is 47.4. The minimum atomic E-state index is -0.489. The van der Waals surface area contributed by atoms with Crippen molar-refractivity contribution in [2.24, 2.45) is 46.3 Å². The third-order valence-corrected chi connectivity index (χ3v) is 26.4. The Morgan fingerprint density at radius 1 is 0.320 bits per heavy atom. The summed E-state index contributed by atoms with van der Waals surface area (Å²) < 4.78 is 0. The molecule has 0 spiro atoms. The Bertz CT molecular complexity index is 1900. The van der Waals surface area contributed by atoms with Crippen LogP contribution >= 0.6 is 0 Å². The summed E-state index contributed by atoms with van der Waals surface area (Å²) in [5.41, 5.74) is 1.32. The highest BCUT2D eigenvalue weighted by molar-refractivity contribution is 5.84. The first-order valence-electron chi connectivity index (χ1n) is 43.0. The molecule has 0 saturated heterocycles. The van der Waals surface area contributed by atoms with E-state index in [1.165, 1.54) is 315 Å². The van der Waals surface area contributed by atoms with Crippen molar-refractivity contribution in [3.8, 4) is 0 Å². The Hall–Kier alpha value is -1.74. The molecule has 586 valence electrons. The lowest BCUT2D eigenvalue weighted by atomic mass is 9.50. The second kappa shape index (κ2) is 56.5. The smallest absolute Gasteiger partial charge is 0.246 e. The molecule has 0 aromatic rings. The van der Waals surface area contributed by atoms with Crippen molar-refractivity contribution in [1.29, 1.82) is 0 Å². The van der Waals surface area contributed by atoms with Gasteiger partial charge in [-0.2, -0.15) is 0 Å². The topological polar surface area (TPSA) is 172 Å². The molecule has 0 aromatic heterocycles. The molecule has 6 fully saturated rings. The number of hydroxylamine groups is 6. The first kappa shape index (κ1) is 92.5. The number of quaternary nitrogens is 1. The largest absolute Gasteiger partial charge is 1.00 e. The van der Waals surface area contributed by atoms with Crippen molar-refractivity contribution in [3.63, 3.8) is 0 Å². The Morgan fingerprint density at radius 3 is 0.930 bits per heavy atom. The molecule has 0 heterocycles. The Balaban J connectivity index is 0.00000867. The Labute approximate surface area is 631 Å². The van der Waals surface area contributed by atoms with E-state index in [0.717, 1.165) is 79.2 Å². The van der Waals surface area contributed by atoms with Crippen LogP contribution in [0.2, 0.25) is 0 Å². The highest BCUT2D eigenvalue weighted by Gasteiger charge is 2.51. The molecule has 0 bridgehead atoms. The van der Waals surface area contributed by atoms with Gasteiger partial charge in [0.25, 0.3) is 0 Å². The van der Waals surface area contributed by atoms with Gasteiger partial charge in [-0.1, -0.05) is 205 Å². The normalized spacial score (nSPS) is 18.2. The van der Waals surface area contributed by atoms with E-state index in [-0.39, 0.29) is 94.2 Å². The molecule has 16 heteroatoms. The van der Waals surface area contributed by atoms with Gasteiger partial charge in [-0.3, -0.25) is 39.6 Å². The number of hydrogen-bond donors (Lipinski definition) is 5. The number of ketones is 1. The molecule has 13 nitrogen and oxygen atoms in total. The standard InChI is InChI=1S/C84H153N5O8.3ClH/c1-72(90)87(95)69-43-15-10-36-58-79(91)59-61-81(93)88(96)70-44-22-39-65-85-80(92)60-62-82(94)89(97)71-45-23-42-68-86(66-40-13-8-4-2-6-11-37-63-83(73-46-24-16-25-47-73,74-48-26-17-27-49-74)75-50-28-18-29-51-75)67-41-14-9-5-3-7-12-38-64-84(76-52-30-19-31-53-76,77-54-32-20-33-55-77)78-56-34-21-35-57-78;;;/h73-78,95-97H,2-71H2,1H3,(H,85,92);3*1H/p-2. The zero-order valence-corrected chi connectivity index (χ0v) is 66.6. The maximum absolute atomic E-state index is 12.9. The molecule has 0 aromatic carbocycles. The van der Waals surface area contributed by atoms with Gasteiger partial charge in [0.15, 0.2) is 0 Å². The number of Topliss-reactive ketones (excluding diaryl/α,β-unsaturated/α-hetero) is 1. The molecule has 0 atom stereocenters. The molecule has 5 N–H and O–H groups in total. The predicted octanol–water partition coefficient (Wildman–Crippen LogP) is 11.6. The summed E-state index contributed by atoms with van der Waals surface area (Å²) in [6.45, 7) is 6.11. The third-order valence-electron chi connectivity index (χ3n) is 26.4. The van der Waals surface area contributed by atoms with Gasteiger partial charge >= 0.3 is 0 Å². The SMILES string of the molecule is CC(=O)N(O)CCCCCCC(=O)CCC(=O)N(O)CCCCCNC(=O)CCC(=O)N(O)CCCCC[NH+](CCCCCCCCCCC(C1CCCCC1)(C1CCCCC1)C1CCCCC1)CCCCCCCCCCC(C1CCCCC1)(C1CCCCC1)C1CCCCC1.[Cl-].[Cl-].[Cl-]. The quantitative estimate of drug-likeness (QED) is 0.0227. The van der Waals surface area contributed by atoms with Crippen LogP contribution < -0.4 is 47.4 Å². The van der Waals surface area contributed by atoms with E-state index in [4.69, 9.17) is 0 Å². The van der Waals surface area contributed by atoms with Gasteiger partial charge in [-0.05, 0) is 213 Å². The molecule has 4 amide bonds. The predicted molar refractivity (Wildman–Crippen MR) is 396 cm³/mol. The van der Waals surface area contributed by atoms with Gasteiger partial charge in [0.1, 0.15) is 5.78 Å². The summed E-state index contributed by atoms with van der Waals surface area (Å²) >= 11 is 0. The summed E-state index contributed by atoms with van der Waals surface area (Å²) in [6, 6.07) is 0. The van der Waals surface area contributed by atoms with Crippen LogP contribution in [0.3, 0.4) is 0 Å². The van der Waals surface area contributed by atoms with Crippen LogP contribution in [0.25, 0.3) is 0 Å². The van der Waals surface area contributed by atoms with Gasteiger partial charge in [0.05, 0.1) is 19.6 Å². The molecule has 0 radical (unpaired) electrons. The number of rotatable bonds is 53. The van der Waals surface area contributed by atoms with Crippen LogP contribution in [0, 0.1) is 46.3 Å². The van der Waals surface area contributed by atoms with Crippen molar-refractivity contribution in [2.75, 3.05) is 45.8 Å². The zero-order chi connectivity index (χ0) is 68.9. The average molecular weight is 1470 g/mol. The van der Waals surface area contributed by atoms with E-state index in [1.54, 1.807) is 17.7 Å². The molecule has 0 unspecified atom stereocenters. The van der Waals surface area contributed by atoms with Crippen molar-refractivity contribution in [3.05, 3.63) is 0 Å². The van der Waals surface area contributed by atoms with Crippen LogP contribution in [0.1, 0.15) is 411 Å². The molecular formula is C84H154Cl3N5O8-2. The van der Waals surface area contributed by atoms with Crippen molar-refractivity contribution in [1.82, 2.24) is 20.5 Å². The summed E-state index contributed by atoms with van der Waals surface area (Å²) in [6.07, 6.45) is 78.8. The van der Waals surface area contributed by atoms with E-state index >= 15 is 0 Å². The summed E-state index contributed by atoms with van der Waals surface area (Å²) in [4.78, 5) is 62.9. The fourth-order valence-electron chi connectivity index (χ4n) is 21.1. The van der Waals surface area contributed by atoms with Crippen molar-refractivity contribution < 1.29 is 81.7 Å². The lowest BCUT2D eigenvalue weighted by Gasteiger charge is -2.55. The molecule has 6 rings (SSSR count). The molecule has 0 aliphatic heterocycles. The van der Waals surface area contributed by atoms with E-state index in [2.05, 4.69) is 5.32 Å². The van der Waals surface area contributed by atoms with Crippen molar-refractivity contribution in [2.45, 2.75) is 411 Å². The fraction of sp³-hybridized carbons (Fsp3) is 0.940. The van der Waals surface area contributed by atoms with E-state index in [1.807, 2.05) is 0 Å². The Morgan fingerprint density at radius 2 is 0.590 bits per heavy atom. The van der Waals surface area contributed by atoms with Crippen molar-refractivity contribution >= 4 is 29.4 Å². The number of nitrogens with zero attached hydrogens (tertiary/aromatic N) is 3. The number of hydrogen-bond acceptors (Lipinski definition) is 8. The first-order valence-corrected chi connectivity index (χ1v) is 43.0. The molecule has 6 saturated carbocycles. The third kappa shape index (κ3) is 34.9. The molecular weight excluding hydrogens is 1310 g/mol. The van der Waals surface area contributed by atoms with Gasteiger partial charge < -0.3 is 47.4 Å². The number of carbonyl (C=O) groups is 5. The highest BCUT2D eigenvalue weighted by Crippen LogP contribution is 2.61. The number of amides is 4. The van der Waals surface area contributed by atoms with Gasteiger partial charge in [-0.25, -0.2) is 15.2 Å². The summed E-state index contributed by atoms with van der Waals surface area (Å²) in [5, 5.41) is 35.3. The van der Waals surface area contributed by atoms with Crippen LogP contribution in [-0.2, 0) is 24.0 Å². The van der Waals surface area contributed by atoms with Crippen LogP contribution in [0.4, 0.5) is 0 Å². The maximum Gasteiger partial charge on any atom is 0.246 e. The fourth-order valence-corrected chi connectivity index (χ4v) is 21.1. The maximum atomic E-state index is 12.9. The van der Waals surface area contributed by atoms with Gasteiger partial charge in [0.2, 0.25) is 23.6 Å². The Kier molecular flexibility index (Phi) is 52.3. The molecule has 6 aliphatic rings. The summed E-state index contributed by atoms with van der Waals surface area (Å²) in [5.74, 6) is 4.51. The average Bonchev–Trinajstić information content (AvgIpc) is 0.787. The monoisotopic (exact) mass is 1470 g/mol.